The van der Waals surface area contributed by atoms with E-state index >= 15 is 0 Å². The lowest BCUT2D eigenvalue weighted by Crippen LogP contribution is -2.32. The Morgan fingerprint density at radius 3 is 2.82 bits per heavy atom. The molecule has 0 heterocycles. The van der Waals surface area contributed by atoms with E-state index in [0.29, 0.717) is 23.1 Å². The SMILES string of the molecule is CCCNCCNC(=O)c1cc(F)ccc1Br. The predicted octanol–water partition coefficient (Wildman–Crippen LogP) is 2.32. The van der Waals surface area contributed by atoms with Crippen molar-refractivity contribution in [1.82, 2.24) is 10.6 Å². The van der Waals surface area contributed by atoms with Crippen LogP contribution in [-0.4, -0.2) is 25.5 Å². The smallest absolute Gasteiger partial charge is 0.252 e. The molecule has 1 aromatic rings. The van der Waals surface area contributed by atoms with Crippen LogP contribution in [-0.2, 0) is 0 Å². The summed E-state index contributed by atoms with van der Waals surface area (Å²) in [6, 6.07) is 4.06. The van der Waals surface area contributed by atoms with Crippen molar-refractivity contribution in [2.45, 2.75) is 13.3 Å². The van der Waals surface area contributed by atoms with Gasteiger partial charge in [0.1, 0.15) is 5.82 Å². The van der Waals surface area contributed by atoms with Crippen LogP contribution in [0.4, 0.5) is 4.39 Å². The van der Waals surface area contributed by atoms with Gasteiger partial charge in [0.2, 0.25) is 0 Å². The van der Waals surface area contributed by atoms with Gasteiger partial charge >= 0.3 is 0 Å². The fraction of sp³-hybridized carbons (Fsp3) is 0.417. The minimum Gasteiger partial charge on any atom is -0.351 e. The Kier molecular flexibility index (Phi) is 6.15. The monoisotopic (exact) mass is 302 g/mol. The Morgan fingerprint density at radius 2 is 2.12 bits per heavy atom. The van der Waals surface area contributed by atoms with Crippen LogP contribution in [0.3, 0.4) is 0 Å². The maximum atomic E-state index is 13.0. The van der Waals surface area contributed by atoms with Crippen molar-refractivity contribution in [3.63, 3.8) is 0 Å². The number of carbonyl (C=O) groups excluding carboxylic acids is 1. The van der Waals surface area contributed by atoms with E-state index in [0.717, 1.165) is 13.0 Å². The molecule has 94 valence electrons. The summed E-state index contributed by atoms with van der Waals surface area (Å²) in [6.45, 7) is 4.25. The van der Waals surface area contributed by atoms with Crippen molar-refractivity contribution in [3.05, 3.63) is 34.1 Å². The quantitative estimate of drug-likeness (QED) is 0.792. The van der Waals surface area contributed by atoms with E-state index in [1.165, 1.54) is 18.2 Å². The van der Waals surface area contributed by atoms with E-state index < -0.39 is 5.82 Å². The van der Waals surface area contributed by atoms with Crippen molar-refractivity contribution in [2.24, 2.45) is 0 Å². The normalized spacial score (nSPS) is 10.3. The Labute approximate surface area is 109 Å². The van der Waals surface area contributed by atoms with Crippen LogP contribution in [0.15, 0.2) is 22.7 Å². The first-order chi connectivity index (χ1) is 8.15. The molecule has 0 saturated heterocycles. The van der Waals surface area contributed by atoms with Gasteiger partial charge in [-0.15, -0.1) is 0 Å². The molecule has 3 nitrogen and oxygen atoms in total. The molecule has 1 amide bonds. The molecule has 0 radical (unpaired) electrons. The first-order valence-electron chi connectivity index (χ1n) is 5.59. The van der Waals surface area contributed by atoms with Gasteiger partial charge in [-0.25, -0.2) is 4.39 Å². The zero-order valence-corrected chi connectivity index (χ0v) is 11.3. The standard InChI is InChI=1S/C12H16BrFN2O/c1-2-5-15-6-7-16-12(17)10-8-9(14)3-4-11(10)13/h3-4,8,15H,2,5-7H2,1H3,(H,16,17). The van der Waals surface area contributed by atoms with Crippen LogP contribution in [0.5, 0.6) is 0 Å². The molecule has 0 spiro atoms. The first-order valence-corrected chi connectivity index (χ1v) is 6.38. The summed E-state index contributed by atoms with van der Waals surface area (Å²) in [7, 11) is 0. The number of nitrogens with one attached hydrogen (secondary N) is 2. The molecule has 5 heteroatoms. The highest BCUT2D eigenvalue weighted by atomic mass is 79.9. The number of amides is 1. The summed E-state index contributed by atoms with van der Waals surface area (Å²) in [5.74, 6) is -0.683. The lowest BCUT2D eigenvalue weighted by molar-refractivity contribution is 0.0952. The molecule has 17 heavy (non-hydrogen) atoms. The van der Waals surface area contributed by atoms with Crippen LogP contribution in [0, 0.1) is 5.82 Å². The molecule has 0 aliphatic heterocycles. The number of hydrogen-bond donors (Lipinski definition) is 2. The molecule has 0 unspecified atom stereocenters. The van der Waals surface area contributed by atoms with E-state index in [1.807, 2.05) is 0 Å². The summed E-state index contributed by atoms with van der Waals surface area (Å²) in [4.78, 5) is 11.7. The number of hydrogen-bond acceptors (Lipinski definition) is 2. The number of carbonyl (C=O) groups is 1. The molecule has 0 atom stereocenters. The third kappa shape index (κ3) is 4.83. The van der Waals surface area contributed by atoms with Crippen LogP contribution in [0.1, 0.15) is 23.7 Å². The average Bonchev–Trinajstić information content (AvgIpc) is 2.32. The molecule has 0 bridgehead atoms. The van der Waals surface area contributed by atoms with Crippen LogP contribution >= 0.6 is 15.9 Å². The van der Waals surface area contributed by atoms with Gasteiger partial charge in [-0.3, -0.25) is 4.79 Å². The summed E-state index contributed by atoms with van der Waals surface area (Å²) in [5.41, 5.74) is 0.320. The third-order valence-electron chi connectivity index (χ3n) is 2.19. The maximum Gasteiger partial charge on any atom is 0.252 e. The molecule has 0 fully saturated rings. The lowest BCUT2D eigenvalue weighted by Gasteiger charge is -2.07. The number of rotatable bonds is 6. The fourth-order valence-electron chi connectivity index (χ4n) is 1.33. The fourth-order valence-corrected chi connectivity index (χ4v) is 1.76. The second-order valence-corrected chi connectivity index (χ2v) is 4.48. The molecular weight excluding hydrogens is 287 g/mol. The van der Waals surface area contributed by atoms with Crippen LogP contribution < -0.4 is 10.6 Å². The van der Waals surface area contributed by atoms with Gasteiger partial charge in [0, 0.05) is 17.6 Å². The van der Waals surface area contributed by atoms with Crippen LogP contribution in [0.2, 0.25) is 0 Å². The van der Waals surface area contributed by atoms with Gasteiger partial charge in [-0.05, 0) is 47.1 Å². The summed E-state index contributed by atoms with van der Waals surface area (Å²) in [5, 5.41) is 5.90. The van der Waals surface area contributed by atoms with E-state index in [4.69, 9.17) is 0 Å². The second kappa shape index (κ2) is 7.40. The van der Waals surface area contributed by atoms with E-state index in [2.05, 4.69) is 33.5 Å². The summed E-state index contributed by atoms with van der Waals surface area (Å²) < 4.78 is 13.6. The summed E-state index contributed by atoms with van der Waals surface area (Å²) >= 11 is 3.22. The molecule has 0 aliphatic carbocycles. The van der Waals surface area contributed by atoms with Crippen molar-refractivity contribution in [3.8, 4) is 0 Å². The van der Waals surface area contributed by atoms with Crippen molar-refractivity contribution < 1.29 is 9.18 Å². The van der Waals surface area contributed by atoms with Gasteiger partial charge < -0.3 is 10.6 Å². The molecular formula is C12H16BrFN2O. The van der Waals surface area contributed by atoms with Gasteiger partial charge in [0.25, 0.3) is 5.91 Å². The minimum absolute atomic E-state index is 0.269. The van der Waals surface area contributed by atoms with Gasteiger partial charge in [0.15, 0.2) is 0 Å². The van der Waals surface area contributed by atoms with E-state index in [1.54, 1.807) is 0 Å². The Morgan fingerprint density at radius 1 is 1.35 bits per heavy atom. The van der Waals surface area contributed by atoms with E-state index in [9.17, 15) is 9.18 Å². The highest BCUT2D eigenvalue weighted by Crippen LogP contribution is 2.17. The van der Waals surface area contributed by atoms with Crippen molar-refractivity contribution in [2.75, 3.05) is 19.6 Å². The van der Waals surface area contributed by atoms with Gasteiger partial charge in [-0.2, -0.15) is 0 Å². The maximum absolute atomic E-state index is 13.0. The predicted molar refractivity (Wildman–Crippen MR) is 69.6 cm³/mol. The topological polar surface area (TPSA) is 41.1 Å². The van der Waals surface area contributed by atoms with Crippen molar-refractivity contribution >= 4 is 21.8 Å². The Hall–Kier alpha value is -0.940. The highest BCUT2D eigenvalue weighted by Gasteiger charge is 2.10. The molecule has 1 rings (SSSR count). The number of benzene rings is 1. The third-order valence-corrected chi connectivity index (χ3v) is 2.88. The molecule has 0 saturated carbocycles. The summed E-state index contributed by atoms with van der Waals surface area (Å²) in [6.07, 6.45) is 1.06. The first kappa shape index (κ1) is 14.1. The van der Waals surface area contributed by atoms with Crippen molar-refractivity contribution in [1.29, 1.82) is 0 Å². The van der Waals surface area contributed by atoms with Gasteiger partial charge in [0.05, 0.1) is 5.56 Å². The Balaban J connectivity index is 2.44. The zero-order chi connectivity index (χ0) is 12.7. The van der Waals surface area contributed by atoms with Crippen LogP contribution in [0.25, 0.3) is 0 Å². The minimum atomic E-state index is -0.414. The molecule has 2 N–H and O–H groups in total. The number of halogens is 2. The van der Waals surface area contributed by atoms with Gasteiger partial charge in [-0.1, -0.05) is 6.92 Å². The van der Waals surface area contributed by atoms with E-state index in [-0.39, 0.29) is 5.91 Å². The highest BCUT2D eigenvalue weighted by molar-refractivity contribution is 9.10. The Bertz CT molecular complexity index is 385. The second-order valence-electron chi connectivity index (χ2n) is 3.63. The zero-order valence-electron chi connectivity index (χ0n) is 9.72. The molecule has 0 aromatic heterocycles. The average molecular weight is 303 g/mol. The lowest BCUT2D eigenvalue weighted by atomic mass is 10.2. The largest absolute Gasteiger partial charge is 0.351 e. The molecule has 0 aliphatic rings. The molecule has 1 aromatic carbocycles.